The molecule has 0 bridgehead atoms. The number of carbonyl (C=O) groups excluding carboxylic acids is 2. The molecule has 0 spiro atoms. The minimum Gasteiger partial charge on any atom is -0.468 e. The number of nitrogens with one attached hydrogen (secondary N) is 1. The molecule has 0 aromatic heterocycles. The molecule has 152 valence electrons. The number of hydrogen-bond donors (Lipinski definition) is 1. The highest BCUT2D eigenvalue weighted by molar-refractivity contribution is 9.09. The SMILES string of the molecule is COC(=O)C1C=CC=CC1(NC(=O)c1ccccc1C(F)(F)F)OCCCBr. The number of methoxy groups -OCH3 is 1. The Labute approximate surface area is 168 Å². The van der Waals surface area contributed by atoms with E-state index in [1.165, 1.54) is 31.4 Å². The van der Waals surface area contributed by atoms with Gasteiger partial charge in [0.2, 0.25) is 0 Å². The molecule has 2 atom stereocenters. The predicted octanol–water partition coefficient (Wildman–Crippen LogP) is 3.85. The highest BCUT2D eigenvalue weighted by atomic mass is 79.9. The van der Waals surface area contributed by atoms with Crippen molar-refractivity contribution in [2.24, 2.45) is 5.92 Å². The predicted molar refractivity (Wildman–Crippen MR) is 99.8 cm³/mol. The number of hydrogen-bond acceptors (Lipinski definition) is 4. The zero-order valence-corrected chi connectivity index (χ0v) is 16.5. The van der Waals surface area contributed by atoms with E-state index in [0.29, 0.717) is 11.8 Å². The standard InChI is InChI=1S/C19H19BrF3NO4/c1-27-17(26)15-9-4-5-10-18(15,28-12-6-11-20)24-16(25)13-7-2-3-8-14(13)19(21,22)23/h2-5,7-10,15H,6,11-12H2,1H3,(H,24,25). The van der Waals surface area contributed by atoms with Crippen molar-refractivity contribution in [1.29, 1.82) is 0 Å². The zero-order chi connectivity index (χ0) is 20.8. The van der Waals surface area contributed by atoms with Gasteiger partial charge in [0.1, 0.15) is 5.92 Å². The minimum absolute atomic E-state index is 0.151. The third kappa shape index (κ3) is 5.02. The molecule has 2 rings (SSSR count). The van der Waals surface area contributed by atoms with Gasteiger partial charge >= 0.3 is 12.1 Å². The van der Waals surface area contributed by atoms with E-state index in [-0.39, 0.29) is 6.61 Å². The summed E-state index contributed by atoms with van der Waals surface area (Å²) in [5.74, 6) is -2.76. The molecule has 1 aliphatic carbocycles. The summed E-state index contributed by atoms with van der Waals surface area (Å²) in [5.41, 5.74) is -3.31. The van der Waals surface area contributed by atoms with Crippen molar-refractivity contribution >= 4 is 27.8 Å². The van der Waals surface area contributed by atoms with Crippen LogP contribution < -0.4 is 5.32 Å². The van der Waals surface area contributed by atoms with Gasteiger partial charge < -0.3 is 14.8 Å². The Morgan fingerprint density at radius 3 is 2.61 bits per heavy atom. The fourth-order valence-electron chi connectivity index (χ4n) is 2.76. The number of amides is 1. The van der Waals surface area contributed by atoms with E-state index in [0.717, 1.165) is 12.1 Å². The van der Waals surface area contributed by atoms with Gasteiger partial charge in [-0.05, 0) is 24.6 Å². The first-order chi connectivity index (χ1) is 13.2. The maximum Gasteiger partial charge on any atom is 0.417 e. The first-order valence-corrected chi connectivity index (χ1v) is 9.50. The molecule has 0 radical (unpaired) electrons. The fourth-order valence-corrected chi connectivity index (χ4v) is 2.99. The van der Waals surface area contributed by atoms with Crippen LogP contribution in [0.25, 0.3) is 0 Å². The van der Waals surface area contributed by atoms with Crippen LogP contribution in [-0.4, -0.2) is 36.6 Å². The van der Waals surface area contributed by atoms with Crippen LogP contribution in [0, 0.1) is 5.92 Å². The summed E-state index contributed by atoms with van der Waals surface area (Å²) in [6.07, 6.45) is 1.87. The monoisotopic (exact) mass is 461 g/mol. The average Bonchev–Trinajstić information content (AvgIpc) is 2.67. The maximum absolute atomic E-state index is 13.3. The number of allylic oxidation sites excluding steroid dienone is 2. The molecule has 9 heteroatoms. The molecular weight excluding hydrogens is 443 g/mol. The molecule has 1 aliphatic rings. The van der Waals surface area contributed by atoms with Gasteiger partial charge in [-0.2, -0.15) is 13.2 Å². The Bertz CT molecular complexity index is 779. The van der Waals surface area contributed by atoms with Gasteiger partial charge in [-0.15, -0.1) is 0 Å². The average molecular weight is 462 g/mol. The molecule has 0 fully saturated rings. The Morgan fingerprint density at radius 1 is 1.25 bits per heavy atom. The molecule has 1 amide bonds. The third-order valence-corrected chi connectivity index (χ3v) is 4.64. The Balaban J connectivity index is 2.41. The van der Waals surface area contributed by atoms with E-state index >= 15 is 0 Å². The van der Waals surface area contributed by atoms with Crippen LogP contribution in [0.1, 0.15) is 22.3 Å². The molecule has 28 heavy (non-hydrogen) atoms. The third-order valence-electron chi connectivity index (χ3n) is 4.08. The number of benzene rings is 1. The number of ether oxygens (including phenoxy) is 2. The molecule has 5 nitrogen and oxygen atoms in total. The lowest BCUT2D eigenvalue weighted by atomic mass is 9.90. The smallest absolute Gasteiger partial charge is 0.417 e. The lowest BCUT2D eigenvalue weighted by Crippen LogP contribution is -2.57. The summed E-state index contributed by atoms with van der Waals surface area (Å²) < 4.78 is 50.4. The number of esters is 1. The summed E-state index contributed by atoms with van der Waals surface area (Å²) >= 11 is 3.25. The molecule has 0 saturated carbocycles. The van der Waals surface area contributed by atoms with Gasteiger partial charge in [-0.1, -0.05) is 46.3 Å². The van der Waals surface area contributed by atoms with Crippen molar-refractivity contribution in [1.82, 2.24) is 5.32 Å². The van der Waals surface area contributed by atoms with Gasteiger partial charge in [0.15, 0.2) is 5.72 Å². The lowest BCUT2D eigenvalue weighted by molar-refractivity contribution is -0.155. The van der Waals surface area contributed by atoms with Crippen LogP contribution in [0.4, 0.5) is 13.2 Å². The molecule has 1 aromatic rings. The van der Waals surface area contributed by atoms with Gasteiger partial charge in [-0.3, -0.25) is 9.59 Å². The van der Waals surface area contributed by atoms with Crippen molar-refractivity contribution in [3.05, 3.63) is 59.7 Å². The van der Waals surface area contributed by atoms with Gasteiger partial charge in [0.25, 0.3) is 5.91 Å². The van der Waals surface area contributed by atoms with E-state index in [4.69, 9.17) is 9.47 Å². The first kappa shape index (κ1) is 22.2. The molecular formula is C19H19BrF3NO4. The normalized spacial score (nSPS) is 21.4. The molecule has 0 heterocycles. The summed E-state index contributed by atoms with van der Waals surface area (Å²) in [7, 11) is 1.18. The van der Waals surface area contributed by atoms with Crippen molar-refractivity contribution < 1.29 is 32.2 Å². The second-order valence-electron chi connectivity index (χ2n) is 5.93. The molecule has 1 aromatic carbocycles. The number of alkyl halides is 4. The van der Waals surface area contributed by atoms with Crippen LogP contribution in [-0.2, 0) is 20.4 Å². The first-order valence-electron chi connectivity index (χ1n) is 8.37. The minimum atomic E-state index is -4.71. The Morgan fingerprint density at radius 2 is 1.96 bits per heavy atom. The molecule has 0 saturated heterocycles. The van der Waals surface area contributed by atoms with Crippen molar-refractivity contribution in [2.45, 2.75) is 18.3 Å². The van der Waals surface area contributed by atoms with E-state index in [2.05, 4.69) is 21.2 Å². The van der Waals surface area contributed by atoms with Crippen molar-refractivity contribution in [3.63, 3.8) is 0 Å². The summed E-state index contributed by atoms with van der Waals surface area (Å²) in [5, 5.41) is 3.08. The van der Waals surface area contributed by atoms with Crippen LogP contribution in [0.5, 0.6) is 0 Å². The summed E-state index contributed by atoms with van der Waals surface area (Å²) in [6, 6.07) is 4.42. The van der Waals surface area contributed by atoms with Crippen LogP contribution in [0.3, 0.4) is 0 Å². The second kappa shape index (κ2) is 9.38. The van der Waals surface area contributed by atoms with Crippen LogP contribution >= 0.6 is 15.9 Å². The summed E-state index contributed by atoms with van der Waals surface area (Å²) in [6.45, 7) is 0.151. The van der Waals surface area contributed by atoms with E-state index < -0.39 is 40.8 Å². The Kier molecular flexibility index (Phi) is 7.42. The van der Waals surface area contributed by atoms with Crippen LogP contribution in [0.15, 0.2) is 48.6 Å². The van der Waals surface area contributed by atoms with Crippen molar-refractivity contribution in [2.75, 3.05) is 19.0 Å². The summed E-state index contributed by atoms with van der Waals surface area (Å²) in [4.78, 5) is 25.0. The topological polar surface area (TPSA) is 64.6 Å². The van der Waals surface area contributed by atoms with E-state index in [9.17, 15) is 22.8 Å². The molecule has 1 N–H and O–H groups in total. The number of carbonyl (C=O) groups is 2. The number of halogens is 4. The second-order valence-corrected chi connectivity index (χ2v) is 6.72. The van der Waals surface area contributed by atoms with Gasteiger partial charge in [0.05, 0.1) is 24.8 Å². The lowest BCUT2D eigenvalue weighted by Gasteiger charge is -2.37. The fraction of sp³-hybridized carbons (Fsp3) is 0.368. The highest BCUT2D eigenvalue weighted by Gasteiger charge is 2.45. The zero-order valence-electron chi connectivity index (χ0n) is 15.0. The van der Waals surface area contributed by atoms with Gasteiger partial charge in [0, 0.05) is 5.33 Å². The van der Waals surface area contributed by atoms with E-state index in [1.54, 1.807) is 12.2 Å². The van der Waals surface area contributed by atoms with E-state index in [1.807, 2.05) is 0 Å². The van der Waals surface area contributed by atoms with Crippen molar-refractivity contribution in [3.8, 4) is 0 Å². The van der Waals surface area contributed by atoms with Gasteiger partial charge in [-0.25, -0.2) is 0 Å². The quantitative estimate of drug-likeness (QED) is 0.290. The maximum atomic E-state index is 13.3. The molecule has 0 aliphatic heterocycles. The largest absolute Gasteiger partial charge is 0.468 e. The highest BCUT2D eigenvalue weighted by Crippen LogP contribution is 2.33. The molecule has 2 unspecified atom stereocenters. The Hall–Kier alpha value is -2.13. The number of rotatable bonds is 7. The van der Waals surface area contributed by atoms with Crippen LogP contribution in [0.2, 0.25) is 0 Å².